The summed E-state index contributed by atoms with van der Waals surface area (Å²) in [6.45, 7) is 1.57. The van der Waals surface area contributed by atoms with Crippen LogP contribution in [0.2, 0.25) is 0 Å². The second kappa shape index (κ2) is 4.37. The van der Waals surface area contributed by atoms with Gasteiger partial charge in [0, 0.05) is 23.3 Å². The van der Waals surface area contributed by atoms with Gasteiger partial charge in [0.15, 0.2) is 11.6 Å². The molecule has 90 valence electrons. The maximum absolute atomic E-state index is 11.7. The Bertz CT molecular complexity index is 608. The van der Waals surface area contributed by atoms with E-state index in [0.29, 0.717) is 11.1 Å². The smallest absolute Gasteiger partial charge is 0.269 e. The fraction of sp³-hybridized carbons (Fsp3) is 0.0769. The topological polar surface area (TPSA) is 77.3 Å². The minimum atomic E-state index is -0.518. The van der Waals surface area contributed by atoms with Gasteiger partial charge in [-0.15, -0.1) is 0 Å². The van der Waals surface area contributed by atoms with E-state index in [9.17, 15) is 19.7 Å². The Morgan fingerprint density at radius 1 is 1.00 bits per heavy atom. The van der Waals surface area contributed by atoms with Crippen molar-refractivity contribution in [3.05, 3.63) is 57.7 Å². The molecule has 0 N–H and O–H groups in total. The van der Waals surface area contributed by atoms with E-state index >= 15 is 0 Å². The SMILES string of the molecule is CC1=CC(=O)C(c2ccc([N+](=O)[O-])cc2)=CC1=O. The summed E-state index contributed by atoms with van der Waals surface area (Å²) in [6, 6.07) is 5.53. The van der Waals surface area contributed by atoms with Crippen LogP contribution in [0.5, 0.6) is 0 Å². The number of rotatable bonds is 2. The van der Waals surface area contributed by atoms with Crippen LogP contribution in [0.3, 0.4) is 0 Å². The van der Waals surface area contributed by atoms with Crippen LogP contribution in [0.1, 0.15) is 12.5 Å². The lowest BCUT2D eigenvalue weighted by Gasteiger charge is -2.09. The third-order valence-electron chi connectivity index (χ3n) is 2.67. The van der Waals surface area contributed by atoms with E-state index < -0.39 is 4.92 Å². The van der Waals surface area contributed by atoms with Gasteiger partial charge < -0.3 is 0 Å². The molecule has 1 aromatic rings. The molecule has 0 amide bonds. The van der Waals surface area contributed by atoms with Crippen molar-refractivity contribution in [2.24, 2.45) is 0 Å². The van der Waals surface area contributed by atoms with Gasteiger partial charge in [0.25, 0.3) is 5.69 Å². The van der Waals surface area contributed by atoms with Crippen LogP contribution < -0.4 is 0 Å². The van der Waals surface area contributed by atoms with Gasteiger partial charge in [-0.1, -0.05) is 0 Å². The fourth-order valence-corrected chi connectivity index (χ4v) is 1.65. The number of nitro groups is 1. The zero-order valence-electron chi connectivity index (χ0n) is 9.54. The number of benzene rings is 1. The first kappa shape index (κ1) is 11.9. The molecule has 0 radical (unpaired) electrons. The predicted molar refractivity (Wildman–Crippen MR) is 64.8 cm³/mol. The zero-order chi connectivity index (χ0) is 13.3. The highest BCUT2D eigenvalue weighted by Gasteiger charge is 2.19. The van der Waals surface area contributed by atoms with Crippen molar-refractivity contribution >= 4 is 22.8 Å². The van der Waals surface area contributed by atoms with E-state index in [1.54, 1.807) is 6.92 Å². The van der Waals surface area contributed by atoms with Crippen LogP contribution in [0, 0.1) is 10.1 Å². The third kappa shape index (κ3) is 2.10. The molecule has 5 heteroatoms. The molecule has 1 aromatic carbocycles. The van der Waals surface area contributed by atoms with Crippen LogP contribution in [0.15, 0.2) is 42.0 Å². The fourth-order valence-electron chi connectivity index (χ4n) is 1.65. The van der Waals surface area contributed by atoms with Gasteiger partial charge in [-0.25, -0.2) is 0 Å². The Morgan fingerprint density at radius 3 is 2.17 bits per heavy atom. The molecule has 0 saturated carbocycles. The van der Waals surface area contributed by atoms with Crippen molar-refractivity contribution in [2.75, 3.05) is 0 Å². The van der Waals surface area contributed by atoms with Crippen LogP contribution in [-0.4, -0.2) is 16.5 Å². The summed E-state index contributed by atoms with van der Waals surface area (Å²) < 4.78 is 0. The molecule has 5 nitrogen and oxygen atoms in total. The van der Waals surface area contributed by atoms with Gasteiger partial charge in [0.2, 0.25) is 0 Å². The van der Waals surface area contributed by atoms with E-state index in [4.69, 9.17) is 0 Å². The number of hydrogen-bond acceptors (Lipinski definition) is 4. The van der Waals surface area contributed by atoms with Crippen LogP contribution >= 0.6 is 0 Å². The number of carbonyl (C=O) groups is 2. The molecule has 0 atom stereocenters. The first-order valence-corrected chi connectivity index (χ1v) is 5.22. The second-order valence-electron chi connectivity index (χ2n) is 3.92. The maximum Gasteiger partial charge on any atom is 0.269 e. The number of nitro benzene ring substituents is 1. The Morgan fingerprint density at radius 2 is 1.61 bits per heavy atom. The number of hydrogen-bond donors (Lipinski definition) is 0. The standard InChI is InChI=1S/C13H9NO4/c1-8-6-13(16)11(7-12(8)15)9-2-4-10(5-3-9)14(17)18/h2-7H,1H3. The second-order valence-corrected chi connectivity index (χ2v) is 3.92. The maximum atomic E-state index is 11.7. The molecule has 2 rings (SSSR count). The number of ketones is 2. The predicted octanol–water partition coefficient (Wildman–Crippen LogP) is 2.08. The summed E-state index contributed by atoms with van der Waals surface area (Å²) in [5, 5.41) is 10.5. The van der Waals surface area contributed by atoms with Crippen LogP contribution in [0.25, 0.3) is 5.57 Å². The lowest BCUT2D eigenvalue weighted by atomic mass is 9.93. The molecule has 0 aliphatic heterocycles. The first-order chi connectivity index (χ1) is 8.49. The van der Waals surface area contributed by atoms with Gasteiger partial charge in [0.1, 0.15) is 0 Å². The van der Waals surface area contributed by atoms with E-state index in [0.717, 1.165) is 0 Å². The Labute approximate surface area is 103 Å². The molecule has 0 bridgehead atoms. The first-order valence-electron chi connectivity index (χ1n) is 5.22. The molecule has 0 fully saturated rings. The average Bonchev–Trinajstić information content (AvgIpc) is 2.34. The summed E-state index contributed by atoms with van der Waals surface area (Å²) >= 11 is 0. The Hall–Kier alpha value is -2.56. The number of non-ortho nitro benzene ring substituents is 1. The van der Waals surface area contributed by atoms with E-state index in [1.807, 2.05) is 0 Å². The number of nitrogens with zero attached hydrogens (tertiary/aromatic N) is 1. The molecule has 0 saturated heterocycles. The van der Waals surface area contributed by atoms with Crippen molar-refractivity contribution in [3.63, 3.8) is 0 Å². The van der Waals surface area contributed by atoms with Gasteiger partial charge in [-0.3, -0.25) is 19.7 Å². The monoisotopic (exact) mass is 243 g/mol. The third-order valence-corrected chi connectivity index (χ3v) is 2.67. The molecular formula is C13H9NO4. The number of allylic oxidation sites excluding steroid dienone is 4. The molecule has 0 heterocycles. The van der Waals surface area contributed by atoms with E-state index in [1.165, 1.54) is 36.4 Å². The number of carbonyl (C=O) groups excluding carboxylic acids is 2. The molecule has 1 aliphatic rings. The van der Waals surface area contributed by atoms with Crippen molar-refractivity contribution in [3.8, 4) is 0 Å². The lowest BCUT2D eigenvalue weighted by Crippen LogP contribution is -2.10. The van der Waals surface area contributed by atoms with Gasteiger partial charge in [0.05, 0.1) is 4.92 Å². The van der Waals surface area contributed by atoms with E-state index in [2.05, 4.69) is 0 Å². The van der Waals surface area contributed by atoms with Crippen LogP contribution in [0.4, 0.5) is 5.69 Å². The lowest BCUT2D eigenvalue weighted by molar-refractivity contribution is -0.384. The van der Waals surface area contributed by atoms with Crippen molar-refractivity contribution < 1.29 is 14.5 Å². The average molecular weight is 243 g/mol. The molecule has 0 unspecified atom stereocenters. The van der Waals surface area contributed by atoms with Crippen molar-refractivity contribution in [1.82, 2.24) is 0 Å². The van der Waals surface area contributed by atoms with Gasteiger partial charge >= 0.3 is 0 Å². The van der Waals surface area contributed by atoms with Crippen LogP contribution in [-0.2, 0) is 9.59 Å². The molecule has 18 heavy (non-hydrogen) atoms. The Balaban J connectivity index is 2.38. The zero-order valence-corrected chi connectivity index (χ0v) is 9.54. The summed E-state index contributed by atoms with van der Waals surface area (Å²) in [7, 11) is 0. The van der Waals surface area contributed by atoms with E-state index in [-0.39, 0.29) is 22.8 Å². The highest BCUT2D eigenvalue weighted by atomic mass is 16.6. The summed E-state index contributed by atoms with van der Waals surface area (Å²) in [6.07, 6.45) is 2.54. The Kier molecular flexibility index (Phi) is 2.89. The highest BCUT2D eigenvalue weighted by Crippen LogP contribution is 2.23. The normalized spacial score (nSPS) is 15.2. The molecule has 0 spiro atoms. The molecule has 1 aliphatic carbocycles. The van der Waals surface area contributed by atoms with Gasteiger partial charge in [-0.05, 0) is 36.8 Å². The summed E-state index contributed by atoms with van der Waals surface area (Å²) in [5.41, 5.74) is 1.11. The largest absolute Gasteiger partial charge is 0.290 e. The summed E-state index contributed by atoms with van der Waals surface area (Å²) in [5.74, 6) is -0.482. The minimum absolute atomic E-state index is 0.0549. The quantitative estimate of drug-likeness (QED) is 0.452. The molecular weight excluding hydrogens is 234 g/mol. The highest BCUT2D eigenvalue weighted by molar-refractivity contribution is 6.35. The van der Waals surface area contributed by atoms with Crippen molar-refractivity contribution in [2.45, 2.75) is 6.92 Å². The molecule has 0 aromatic heterocycles. The van der Waals surface area contributed by atoms with Gasteiger partial charge in [-0.2, -0.15) is 0 Å². The van der Waals surface area contributed by atoms with Crippen molar-refractivity contribution in [1.29, 1.82) is 0 Å². The minimum Gasteiger partial charge on any atom is -0.290 e. The summed E-state index contributed by atoms with van der Waals surface area (Å²) in [4.78, 5) is 33.2.